The van der Waals surface area contributed by atoms with Crippen LogP contribution in [0.2, 0.25) is 0 Å². The largest absolute Gasteiger partial charge is 0.457 e. The van der Waals surface area contributed by atoms with Crippen LogP contribution >= 0.6 is 0 Å². The molecule has 0 bridgehead atoms. The Hall–Kier alpha value is -4.20. The zero-order valence-electron chi connectivity index (χ0n) is 16.2. The third-order valence-electron chi connectivity index (χ3n) is 4.40. The lowest BCUT2D eigenvalue weighted by molar-refractivity contribution is -0.119. The Balaban J connectivity index is 1.46. The molecule has 1 atom stereocenters. The summed E-state index contributed by atoms with van der Waals surface area (Å²) in [6.07, 6.45) is 3.32. The first-order valence-electron chi connectivity index (χ1n) is 9.34. The maximum absolute atomic E-state index is 12.7. The molecule has 0 saturated heterocycles. The van der Waals surface area contributed by atoms with Crippen molar-refractivity contribution in [1.82, 2.24) is 19.6 Å². The van der Waals surface area contributed by atoms with Crippen molar-refractivity contribution in [2.24, 2.45) is 0 Å². The molecule has 1 amide bonds. The van der Waals surface area contributed by atoms with Gasteiger partial charge in [-0.05, 0) is 55.5 Å². The van der Waals surface area contributed by atoms with E-state index in [1.165, 1.54) is 10.7 Å². The Morgan fingerprint density at radius 3 is 2.40 bits per heavy atom. The van der Waals surface area contributed by atoms with E-state index in [1.807, 2.05) is 30.3 Å². The average molecular weight is 401 g/mol. The molecular formula is C22H19N5O3. The molecule has 1 N–H and O–H groups in total. The van der Waals surface area contributed by atoms with E-state index in [9.17, 15) is 9.59 Å². The van der Waals surface area contributed by atoms with Crippen LogP contribution in [0.5, 0.6) is 11.5 Å². The first-order chi connectivity index (χ1) is 14.6. The Kier molecular flexibility index (Phi) is 5.38. The molecule has 8 heteroatoms. The zero-order valence-corrected chi connectivity index (χ0v) is 16.2. The zero-order chi connectivity index (χ0) is 20.9. The number of aromatic nitrogens is 4. The van der Waals surface area contributed by atoms with Crippen molar-refractivity contribution in [3.63, 3.8) is 0 Å². The number of carbonyl (C=O) groups excluding carboxylic acids is 1. The molecule has 2 heterocycles. The van der Waals surface area contributed by atoms with Crippen LogP contribution in [0.1, 0.15) is 13.0 Å². The minimum atomic E-state index is -0.812. The molecule has 30 heavy (non-hydrogen) atoms. The molecule has 0 fully saturated rings. The summed E-state index contributed by atoms with van der Waals surface area (Å²) in [5.74, 6) is 1.46. The van der Waals surface area contributed by atoms with E-state index in [0.717, 1.165) is 10.4 Å². The van der Waals surface area contributed by atoms with Crippen LogP contribution in [0.4, 0.5) is 5.69 Å². The predicted octanol–water partition coefficient (Wildman–Crippen LogP) is 3.42. The molecule has 0 aliphatic heterocycles. The van der Waals surface area contributed by atoms with Crippen molar-refractivity contribution in [2.45, 2.75) is 13.0 Å². The Morgan fingerprint density at radius 2 is 1.70 bits per heavy atom. The fourth-order valence-corrected chi connectivity index (χ4v) is 2.81. The standard InChI is InChI=1S/C22H19N5O3/c1-16(27-21(28)13-12-20(25-27)26-15-5-14-23-26)22(29)24-17-8-10-19(11-9-17)30-18-6-3-2-4-7-18/h2-16H,1H3,(H,24,29). The molecule has 2 aromatic heterocycles. The normalized spacial score (nSPS) is 11.6. The van der Waals surface area contributed by atoms with E-state index in [-0.39, 0.29) is 11.5 Å². The maximum Gasteiger partial charge on any atom is 0.267 e. The lowest BCUT2D eigenvalue weighted by Crippen LogP contribution is -2.33. The van der Waals surface area contributed by atoms with Gasteiger partial charge in [-0.15, -0.1) is 5.10 Å². The van der Waals surface area contributed by atoms with E-state index >= 15 is 0 Å². The molecule has 1 unspecified atom stereocenters. The number of hydrogen-bond donors (Lipinski definition) is 1. The minimum Gasteiger partial charge on any atom is -0.457 e. The summed E-state index contributed by atoms with van der Waals surface area (Å²) < 4.78 is 8.40. The van der Waals surface area contributed by atoms with E-state index in [2.05, 4.69) is 15.5 Å². The van der Waals surface area contributed by atoms with Crippen molar-refractivity contribution in [3.8, 4) is 17.3 Å². The van der Waals surface area contributed by atoms with E-state index < -0.39 is 6.04 Å². The van der Waals surface area contributed by atoms with Crippen molar-refractivity contribution in [3.05, 3.63) is 95.5 Å². The topological polar surface area (TPSA) is 91.0 Å². The number of benzene rings is 2. The molecule has 4 rings (SSSR count). The van der Waals surface area contributed by atoms with Crippen molar-refractivity contribution < 1.29 is 9.53 Å². The second kappa shape index (κ2) is 8.44. The number of para-hydroxylation sites is 1. The summed E-state index contributed by atoms with van der Waals surface area (Å²) in [5.41, 5.74) is 0.212. The highest BCUT2D eigenvalue weighted by molar-refractivity contribution is 5.93. The number of hydrogen-bond acceptors (Lipinski definition) is 5. The van der Waals surface area contributed by atoms with Gasteiger partial charge >= 0.3 is 0 Å². The van der Waals surface area contributed by atoms with E-state index in [0.29, 0.717) is 17.3 Å². The van der Waals surface area contributed by atoms with Gasteiger partial charge in [0.25, 0.3) is 5.56 Å². The fourth-order valence-electron chi connectivity index (χ4n) is 2.81. The van der Waals surface area contributed by atoms with Gasteiger partial charge in [0.15, 0.2) is 5.82 Å². The van der Waals surface area contributed by atoms with Crippen molar-refractivity contribution >= 4 is 11.6 Å². The SMILES string of the molecule is CC(C(=O)Nc1ccc(Oc2ccccc2)cc1)n1nc(-n2cccn2)ccc1=O. The molecule has 150 valence electrons. The highest BCUT2D eigenvalue weighted by atomic mass is 16.5. The third-order valence-corrected chi connectivity index (χ3v) is 4.40. The Labute approximate surface area is 172 Å². The van der Waals surface area contributed by atoms with Crippen LogP contribution in [-0.2, 0) is 4.79 Å². The summed E-state index contributed by atoms with van der Waals surface area (Å²) in [6.45, 7) is 1.61. The summed E-state index contributed by atoms with van der Waals surface area (Å²) in [7, 11) is 0. The van der Waals surface area contributed by atoms with Gasteiger partial charge < -0.3 is 10.1 Å². The number of nitrogens with one attached hydrogen (secondary N) is 1. The predicted molar refractivity (Wildman–Crippen MR) is 112 cm³/mol. The fraction of sp³-hybridized carbons (Fsp3) is 0.0909. The van der Waals surface area contributed by atoms with Crippen molar-refractivity contribution in [2.75, 3.05) is 5.32 Å². The lowest BCUT2D eigenvalue weighted by Gasteiger charge is -2.15. The molecule has 2 aromatic carbocycles. The first-order valence-corrected chi connectivity index (χ1v) is 9.34. The van der Waals surface area contributed by atoms with Crippen LogP contribution in [0.15, 0.2) is 90.0 Å². The monoisotopic (exact) mass is 401 g/mol. The van der Waals surface area contributed by atoms with Crippen molar-refractivity contribution in [1.29, 1.82) is 0 Å². The summed E-state index contributed by atoms with van der Waals surface area (Å²) >= 11 is 0. The second-order valence-electron chi connectivity index (χ2n) is 6.53. The summed E-state index contributed by atoms with van der Waals surface area (Å²) in [6, 6.07) is 20.3. The molecular weight excluding hydrogens is 382 g/mol. The van der Waals surface area contributed by atoms with Gasteiger partial charge in [-0.25, -0.2) is 9.36 Å². The van der Waals surface area contributed by atoms with Gasteiger partial charge in [-0.3, -0.25) is 9.59 Å². The molecule has 0 aliphatic rings. The van der Waals surface area contributed by atoms with Gasteiger partial charge in [0, 0.05) is 24.1 Å². The third kappa shape index (κ3) is 4.27. The van der Waals surface area contributed by atoms with Crippen LogP contribution in [0.3, 0.4) is 0 Å². The molecule has 0 radical (unpaired) electrons. The molecule has 4 aromatic rings. The Morgan fingerprint density at radius 1 is 0.967 bits per heavy atom. The van der Waals surface area contributed by atoms with Crippen LogP contribution < -0.4 is 15.6 Å². The summed E-state index contributed by atoms with van der Waals surface area (Å²) in [4.78, 5) is 24.9. The number of carbonyl (C=O) groups is 1. The maximum atomic E-state index is 12.7. The Bertz CT molecular complexity index is 1190. The number of rotatable bonds is 6. The number of anilines is 1. The molecule has 0 saturated carbocycles. The lowest BCUT2D eigenvalue weighted by atomic mass is 10.2. The van der Waals surface area contributed by atoms with Crippen LogP contribution in [0.25, 0.3) is 5.82 Å². The molecule has 8 nitrogen and oxygen atoms in total. The average Bonchev–Trinajstić information content (AvgIpc) is 3.31. The highest BCUT2D eigenvalue weighted by Crippen LogP contribution is 2.23. The van der Waals surface area contributed by atoms with E-state index in [1.54, 1.807) is 55.7 Å². The quantitative estimate of drug-likeness (QED) is 0.535. The molecule has 0 spiro atoms. The van der Waals surface area contributed by atoms with Gasteiger partial charge in [0.1, 0.15) is 17.5 Å². The van der Waals surface area contributed by atoms with Gasteiger partial charge in [0.05, 0.1) is 0 Å². The second-order valence-corrected chi connectivity index (χ2v) is 6.53. The molecule has 0 aliphatic carbocycles. The number of ether oxygens (including phenoxy) is 1. The minimum absolute atomic E-state index is 0.362. The number of amides is 1. The van der Waals surface area contributed by atoms with E-state index in [4.69, 9.17) is 4.74 Å². The highest BCUT2D eigenvalue weighted by Gasteiger charge is 2.18. The van der Waals surface area contributed by atoms with Gasteiger partial charge in [-0.1, -0.05) is 18.2 Å². The number of nitrogens with zero attached hydrogens (tertiary/aromatic N) is 4. The van der Waals surface area contributed by atoms with Gasteiger partial charge in [0.2, 0.25) is 5.91 Å². The first kappa shape index (κ1) is 19.1. The van der Waals surface area contributed by atoms with Gasteiger partial charge in [-0.2, -0.15) is 5.10 Å². The van der Waals surface area contributed by atoms with Crippen LogP contribution in [0, 0.1) is 0 Å². The smallest absolute Gasteiger partial charge is 0.267 e. The summed E-state index contributed by atoms with van der Waals surface area (Å²) in [5, 5.41) is 11.2. The van der Waals surface area contributed by atoms with Crippen LogP contribution in [-0.4, -0.2) is 25.5 Å².